The predicted octanol–water partition coefficient (Wildman–Crippen LogP) is 2.06. The van der Waals surface area contributed by atoms with E-state index in [0.717, 1.165) is 30.6 Å². The Morgan fingerprint density at radius 3 is 2.67 bits per heavy atom. The molecule has 0 radical (unpaired) electrons. The van der Waals surface area contributed by atoms with Crippen molar-refractivity contribution in [2.75, 3.05) is 13.1 Å². The molecule has 1 aliphatic heterocycles. The van der Waals surface area contributed by atoms with Gasteiger partial charge >= 0.3 is 0 Å². The lowest BCUT2D eigenvalue weighted by Crippen LogP contribution is -2.45. The molecule has 1 aliphatic rings. The van der Waals surface area contributed by atoms with Crippen LogP contribution in [0.4, 0.5) is 0 Å². The van der Waals surface area contributed by atoms with Crippen LogP contribution in [-0.4, -0.2) is 40.1 Å². The molecule has 0 unspecified atom stereocenters. The molecule has 1 aromatic carbocycles. The number of benzene rings is 1. The third-order valence-electron chi connectivity index (χ3n) is 3.69. The Kier molecular flexibility index (Phi) is 4.98. The number of aromatic nitrogens is 2. The molecule has 0 bridgehead atoms. The number of nitrogens with two attached hydrogens (primary N) is 1. The largest absolute Gasteiger partial charge is 0.337 e. The van der Waals surface area contributed by atoms with Crippen molar-refractivity contribution >= 4 is 18.3 Å². The first kappa shape index (κ1) is 15.5. The first-order valence-electron chi connectivity index (χ1n) is 6.89. The van der Waals surface area contributed by atoms with Crippen molar-refractivity contribution in [1.82, 2.24) is 15.1 Å². The molecule has 2 heterocycles. The van der Waals surface area contributed by atoms with Gasteiger partial charge in [0.2, 0.25) is 0 Å². The highest BCUT2D eigenvalue weighted by Gasteiger charge is 2.22. The Morgan fingerprint density at radius 1 is 1.29 bits per heavy atom. The number of piperidine rings is 1. The van der Waals surface area contributed by atoms with E-state index >= 15 is 0 Å². The fraction of sp³-hybridized carbons (Fsp3) is 0.333. The summed E-state index contributed by atoms with van der Waals surface area (Å²) in [6.07, 6.45) is 3.70. The molecule has 112 valence electrons. The smallest absolute Gasteiger partial charge is 0.253 e. The number of aromatic amines is 1. The standard InChI is InChI=1S/C15H18N4O.ClH/c16-13-2-1-9-19(10-13)15(20)12-5-3-11(4-6-12)14-7-8-17-18-14;/h3-8,13H,1-2,9-10,16H2,(H,17,18);1H/t13-;/m0./s1. The first-order valence-corrected chi connectivity index (χ1v) is 6.89. The van der Waals surface area contributed by atoms with Crippen LogP contribution >= 0.6 is 12.4 Å². The molecule has 5 nitrogen and oxygen atoms in total. The van der Waals surface area contributed by atoms with Crippen LogP contribution in [0.5, 0.6) is 0 Å². The third kappa shape index (κ3) is 3.43. The fourth-order valence-electron chi connectivity index (χ4n) is 2.59. The number of H-pyrrole nitrogens is 1. The molecular weight excluding hydrogens is 288 g/mol. The molecule has 6 heteroatoms. The van der Waals surface area contributed by atoms with E-state index in [1.54, 1.807) is 6.20 Å². The molecule has 21 heavy (non-hydrogen) atoms. The highest BCUT2D eigenvalue weighted by atomic mass is 35.5. The molecule has 3 N–H and O–H groups in total. The summed E-state index contributed by atoms with van der Waals surface area (Å²) in [5, 5.41) is 6.83. The van der Waals surface area contributed by atoms with E-state index < -0.39 is 0 Å². The number of rotatable bonds is 2. The predicted molar refractivity (Wildman–Crippen MR) is 84.4 cm³/mol. The van der Waals surface area contributed by atoms with Crippen LogP contribution in [0.25, 0.3) is 11.3 Å². The number of hydrogen-bond donors (Lipinski definition) is 2. The summed E-state index contributed by atoms with van der Waals surface area (Å²) in [4.78, 5) is 14.2. The molecule has 0 spiro atoms. The lowest BCUT2D eigenvalue weighted by atomic mass is 10.0. The molecule has 0 saturated carbocycles. The van der Waals surface area contributed by atoms with Gasteiger partial charge in [-0.05, 0) is 36.6 Å². The third-order valence-corrected chi connectivity index (χ3v) is 3.69. The number of likely N-dealkylation sites (tertiary alicyclic amines) is 1. The van der Waals surface area contributed by atoms with E-state index in [1.165, 1.54) is 0 Å². The maximum Gasteiger partial charge on any atom is 0.253 e. The van der Waals surface area contributed by atoms with Crippen LogP contribution in [0.3, 0.4) is 0 Å². The van der Waals surface area contributed by atoms with Gasteiger partial charge in [-0.15, -0.1) is 12.4 Å². The molecule has 1 atom stereocenters. The second-order valence-electron chi connectivity index (χ2n) is 5.20. The van der Waals surface area contributed by atoms with Gasteiger partial charge < -0.3 is 10.6 Å². The van der Waals surface area contributed by atoms with Gasteiger partial charge in [0.25, 0.3) is 5.91 Å². The summed E-state index contributed by atoms with van der Waals surface area (Å²) in [6, 6.07) is 9.60. The van der Waals surface area contributed by atoms with Crippen molar-refractivity contribution in [1.29, 1.82) is 0 Å². The molecule has 0 aliphatic carbocycles. The van der Waals surface area contributed by atoms with Crippen LogP contribution < -0.4 is 5.73 Å². The highest BCUT2D eigenvalue weighted by Crippen LogP contribution is 2.18. The molecule has 2 aromatic rings. The lowest BCUT2D eigenvalue weighted by Gasteiger charge is -2.30. The van der Waals surface area contributed by atoms with E-state index in [-0.39, 0.29) is 24.4 Å². The molecule has 1 aromatic heterocycles. The number of halogens is 1. The lowest BCUT2D eigenvalue weighted by molar-refractivity contribution is 0.0709. The van der Waals surface area contributed by atoms with Crippen molar-refractivity contribution < 1.29 is 4.79 Å². The number of nitrogens with one attached hydrogen (secondary N) is 1. The minimum Gasteiger partial charge on any atom is -0.337 e. The second-order valence-corrected chi connectivity index (χ2v) is 5.20. The average molecular weight is 307 g/mol. The number of carbonyl (C=O) groups is 1. The Morgan fingerprint density at radius 2 is 2.05 bits per heavy atom. The summed E-state index contributed by atoms with van der Waals surface area (Å²) in [7, 11) is 0. The van der Waals surface area contributed by atoms with Gasteiger partial charge in [0.05, 0.1) is 5.69 Å². The van der Waals surface area contributed by atoms with E-state index in [1.807, 2.05) is 35.2 Å². The summed E-state index contributed by atoms with van der Waals surface area (Å²) in [6.45, 7) is 1.45. The topological polar surface area (TPSA) is 75.0 Å². The van der Waals surface area contributed by atoms with E-state index in [0.29, 0.717) is 12.1 Å². The quantitative estimate of drug-likeness (QED) is 0.892. The number of carbonyl (C=O) groups excluding carboxylic acids is 1. The number of nitrogens with zero attached hydrogens (tertiary/aromatic N) is 2. The monoisotopic (exact) mass is 306 g/mol. The van der Waals surface area contributed by atoms with Gasteiger partial charge in [-0.2, -0.15) is 5.10 Å². The molecular formula is C15H19ClN4O. The summed E-state index contributed by atoms with van der Waals surface area (Å²) in [5.74, 6) is 0.0660. The van der Waals surface area contributed by atoms with Crippen LogP contribution in [0, 0.1) is 0 Å². The van der Waals surface area contributed by atoms with Crippen molar-refractivity contribution in [2.45, 2.75) is 18.9 Å². The maximum absolute atomic E-state index is 12.4. The zero-order chi connectivity index (χ0) is 13.9. The van der Waals surface area contributed by atoms with E-state index in [4.69, 9.17) is 5.73 Å². The summed E-state index contributed by atoms with van der Waals surface area (Å²) < 4.78 is 0. The van der Waals surface area contributed by atoms with Gasteiger partial charge in [0, 0.05) is 30.9 Å². The Bertz CT molecular complexity index is 582. The number of hydrogen-bond acceptors (Lipinski definition) is 3. The van der Waals surface area contributed by atoms with Gasteiger partial charge in [0.15, 0.2) is 0 Å². The van der Waals surface area contributed by atoms with Gasteiger partial charge in [-0.3, -0.25) is 9.89 Å². The van der Waals surface area contributed by atoms with Crippen LogP contribution in [-0.2, 0) is 0 Å². The van der Waals surface area contributed by atoms with Crippen LogP contribution in [0.1, 0.15) is 23.2 Å². The Labute approximate surface area is 129 Å². The second kappa shape index (κ2) is 6.74. The van der Waals surface area contributed by atoms with Crippen LogP contribution in [0.15, 0.2) is 36.5 Å². The maximum atomic E-state index is 12.4. The number of amides is 1. The van der Waals surface area contributed by atoms with Gasteiger partial charge in [0.1, 0.15) is 0 Å². The van der Waals surface area contributed by atoms with Crippen molar-refractivity contribution in [2.24, 2.45) is 5.73 Å². The zero-order valence-electron chi connectivity index (χ0n) is 11.7. The van der Waals surface area contributed by atoms with E-state index in [2.05, 4.69) is 10.2 Å². The van der Waals surface area contributed by atoms with E-state index in [9.17, 15) is 4.79 Å². The zero-order valence-corrected chi connectivity index (χ0v) is 12.5. The average Bonchev–Trinajstić information content (AvgIpc) is 3.01. The van der Waals surface area contributed by atoms with Crippen LogP contribution in [0.2, 0.25) is 0 Å². The van der Waals surface area contributed by atoms with Crippen molar-refractivity contribution in [3.8, 4) is 11.3 Å². The molecule has 3 rings (SSSR count). The molecule has 1 amide bonds. The Balaban J connectivity index is 0.00000161. The summed E-state index contributed by atoms with van der Waals surface area (Å²) in [5.41, 5.74) is 8.61. The SMILES string of the molecule is Cl.N[C@H]1CCCN(C(=O)c2ccc(-c3ccn[nH]3)cc2)C1. The Hall–Kier alpha value is -1.85. The molecule has 1 saturated heterocycles. The molecule has 1 fully saturated rings. The normalized spacial score (nSPS) is 18.1. The van der Waals surface area contributed by atoms with Gasteiger partial charge in [-0.1, -0.05) is 12.1 Å². The fourth-order valence-corrected chi connectivity index (χ4v) is 2.59. The minimum atomic E-state index is 0. The van der Waals surface area contributed by atoms with Crippen molar-refractivity contribution in [3.63, 3.8) is 0 Å². The highest BCUT2D eigenvalue weighted by molar-refractivity contribution is 5.94. The van der Waals surface area contributed by atoms with Gasteiger partial charge in [-0.25, -0.2) is 0 Å². The minimum absolute atomic E-state index is 0. The summed E-state index contributed by atoms with van der Waals surface area (Å²) >= 11 is 0. The van der Waals surface area contributed by atoms with Crippen molar-refractivity contribution in [3.05, 3.63) is 42.1 Å². The first-order chi connectivity index (χ1) is 9.74.